The third-order valence-electron chi connectivity index (χ3n) is 4.59. The van der Waals surface area contributed by atoms with Gasteiger partial charge in [-0.25, -0.2) is 0 Å². The zero-order valence-corrected chi connectivity index (χ0v) is 14.2. The van der Waals surface area contributed by atoms with Gasteiger partial charge in [0.25, 0.3) is 5.91 Å². The fourth-order valence-electron chi connectivity index (χ4n) is 2.90. The van der Waals surface area contributed by atoms with E-state index < -0.39 is 6.04 Å². The third kappa shape index (κ3) is 3.38. The molecule has 0 bridgehead atoms. The maximum atomic E-state index is 12.6. The van der Waals surface area contributed by atoms with E-state index in [0.29, 0.717) is 24.1 Å². The maximum Gasteiger partial charge on any atom is 0.251 e. The smallest absolute Gasteiger partial charge is 0.251 e. The van der Waals surface area contributed by atoms with Crippen molar-refractivity contribution in [2.75, 3.05) is 11.4 Å². The van der Waals surface area contributed by atoms with E-state index in [1.54, 1.807) is 29.2 Å². The molecule has 1 fully saturated rings. The summed E-state index contributed by atoms with van der Waals surface area (Å²) in [4.78, 5) is 26.7. The van der Waals surface area contributed by atoms with Crippen molar-refractivity contribution in [2.45, 2.75) is 26.3 Å². The first-order chi connectivity index (χ1) is 12.0. The molecule has 1 N–H and O–H groups in total. The van der Waals surface area contributed by atoms with Crippen LogP contribution < -0.4 is 10.2 Å². The summed E-state index contributed by atoms with van der Waals surface area (Å²) in [7, 11) is 0. The van der Waals surface area contributed by atoms with Crippen LogP contribution in [0.1, 0.15) is 33.5 Å². The first-order valence-corrected chi connectivity index (χ1v) is 8.19. The first-order valence-electron chi connectivity index (χ1n) is 8.19. The highest BCUT2D eigenvalue weighted by atomic mass is 16.2. The number of amides is 2. The van der Waals surface area contributed by atoms with Gasteiger partial charge in [-0.15, -0.1) is 0 Å². The zero-order valence-electron chi connectivity index (χ0n) is 14.2. The van der Waals surface area contributed by atoms with Crippen LogP contribution in [0.2, 0.25) is 0 Å². The average Bonchev–Trinajstić information content (AvgIpc) is 2.98. The minimum atomic E-state index is -0.523. The number of carbonyl (C=O) groups excluding carboxylic acids is 2. The van der Waals surface area contributed by atoms with E-state index >= 15 is 0 Å². The van der Waals surface area contributed by atoms with Crippen LogP contribution in [0.4, 0.5) is 5.69 Å². The SMILES string of the molecule is Cc1ccc(N2CCC(NC(=O)c3ccc(C#N)cc3)C2=O)cc1C. The molecule has 2 amide bonds. The highest BCUT2D eigenvalue weighted by Crippen LogP contribution is 2.24. The number of anilines is 1. The van der Waals surface area contributed by atoms with E-state index in [-0.39, 0.29) is 11.8 Å². The molecule has 1 heterocycles. The zero-order chi connectivity index (χ0) is 18.0. The van der Waals surface area contributed by atoms with Gasteiger partial charge in [0.2, 0.25) is 5.91 Å². The summed E-state index contributed by atoms with van der Waals surface area (Å²) in [5, 5.41) is 11.6. The Bertz CT molecular complexity index is 866. The highest BCUT2D eigenvalue weighted by Gasteiger charge is 2.33. The summed E-state index contributed by atoms with van der Waals surface area (Å²) in [6.45, 7) is 4.63. The predicted molar refractivity (Wildman–Crippen MR) is 95.3 cm³/mol. The van der Waals surface area contributed by atoms with E-state index in [0.717, 1.165) is 11.3 Å². The Balaban J connectivity index is 1.70. The van der Waals surface area contributed by atoms with Gasteiger partial charge < -0.3 is 10.2 Å². The van der Waals surface area contributed by atoms with Gasteiger partial charge in [0.15, 0.2) is 0 Å². The topological polar surface area (TPSA) is 73.2 Å². The van der Waals surface area contributed by atoms with Gasteiger partial charge in [-0.1, -0.05) is 6.07 Å². The van der Waals surface area contributed by atoms with Gasteiger partial charge in [-0.2, -0.15) is 5.26 Å². The summed E-state index contributed by atoms with van der Waals surface area (Å²) in [6.07, 6.45) is 0.577. The van der Waals surface area contributed by atoms with Crippen LogP contribution in [-0.2, 0) is 4.79 Å². The summed E-state index contributed by atoms with van der Waals surface area (Å²) in [5.41, 5.74) is 4.12. The summed E-state index contributed by atoms with van der Waals surface area (Å²) >= 11 is 0. The maximum absolute atomic E-state index is 12.6. The standard InChI is InChI=1S/C20H19N3O2/c1-13-3-8-17(11-14(13)2)23-10-9-18(20(23)25)22-19(24)16-6-4-15(12-21)5-7-16/h3-8,11,18H,9-10H2,1-2H3,(H,22,24). The highest BCUT2D eigenvalue weighted by molar-refractivity contribution is 6.04. The lowest BCUT2D eigenvalue weighted by molar-refractivity contribution is -0.118. The van der Waals surface area contributed by atoms with Crippen LogP contribution >= 0.6 is 0 Å². The van der Waals surface area contributed by atoms with E-state index in [1.807, 2.05) is 38.1 Å². The molecule has 1 aliphatic rings. The summed E-state index contributed by atoms with van der Waals surface area (Å²) < 4.78 is 0. The second-order valence-corrected chi connectivity index (χ2v) is 6.26. The predicted octanol–water partition coefficient (Wildman–Crippen LogP) is 2.71. The number of benzene rings is 2. The molecule has 0 radical (unpaired) electrons. The van der Waals surface area contributed by atoms with Crippen LogP contribution in [-0.4, -0.2) is 24.4 Å². The minimum Gasteiger partial charge on any atom is -0.340 e. The number of carbonyl (C=O) groups is 2. The fourth-order valence-corrected chi connectivity index (χ4v) is 2.90. The number of hydrogen-bond acceptors (Lipinski definition) is 3. The average molecular weight is 333 g/mol. The van der Waals surface area contributed by atoms with Crippen molar-refractivity contribution in [1.82, 2.24) is 5.32 Å². The lowest BCUT2D eigenvalue weighted by Crippen LogP contribution is -2.41. The Morgan fingerprint density at radius 2 is 1.88 bits per heavy atom. The van der Waals surface area contributed by atoms with Crippen LogP contribution in [0.25, 0.3) is 0 Å². The minimum absolute atomic E-state index is 0.0924. The molecule has 25 heavy (non-hydrogen) atoms. The molecule has 2 aromatic rings. The lowest BCUT2D eigenvalue weighted by Gasteiger charge is -2.18. The quantitative estimate of drug-likeness (QED) is 0.938. The Morgan fingerprint density at radius 3 is 2.52 bits per heavy atom. The number of hydrogen-bond donors (Lipinski definition) is 1. The second kappa shape index (κ2) is 6.78. The van der Waals surface area contributed by atoms with Crippen molar-refractivity contribution in [3.63, 3.8) is 0 Å². The van der Waals surface area contributed by atoms with Crippen molar-refractivity contribution in [3.8, 4) is 6.07 Å². The lowest BCUT2D eigenvalue weighted by atomic mass is 10.1. The van der Waals surface area contributed by atoms with Gasteiger partial charge in [0.1, 0.15) is 6.04 Å². The molecular formula is C20H19N3O2. The molecule has 3 rings (SSSR count). The van der Waals surface area contributed by atoms with Gasteiger partial charge in [0, 0.05) is 17.8 Å². The molecular weight excluding hydrogens is 314 g/mol. The molecule has 5 nitrogen and oxygen atoms in total. The first kappa shape index (κ1) is 16.7. The largest absolute Gasteiger partial charge is 0.340 e. The molecule has 0 spiro atoms. The number of nitrogens with zero attached hydrogens (tertiary/aromatic N) is 2. The van der Waals surface area contributed by atoms with Gasteiger partial charge in [0.05, 0.1) is 11.6 Å². The van der Waals surface area contributed by atoms with Crippen molar-refractivity contribution in [1.29, 1.82) is 5.26 Å². The third-order valence-corrected chi connectivity index (χ3v) is 4.59. The van der Waals surface area contributed by atoms with Gasteiger partial charge >= 0.3 is 0 Å². The molecule has 126 valence electrons. The van der Waals surface area contributed by atoms with Crippen LogP contribution in [0.15, 0.2) is 42.5 Å². The summed E-state index contributed by atoms with van der Waals surface area (Å²) in [6, 6.07) is 13.8. The Labute approximate surface area is 146 Å². The molecule has 1 aliphatic heterocycles. The monoisotopic (exact) mass is 333 g/mol. The molecule has 1 saturated heterocycles. The number of nitriles is 1. The number of aryl methyl sites for hydroxylation is 2. The molecule has 2 aromatic carbocycles. The molecule has 5 heteroatoms. The molecule has 0 saturated carbocycles. The van der Waals surface area contributed by atoms with E-state index in [2.05, 4.69) is 5.32 Å². The summed E-state index contributed by atoms with van der Waals surface area (Å²) in [5.74, 6) is -0.393. The Morgan fingerprint density at radius 1 is 1.16 bits per heavy atom. The normalized spacial score (nSPS) is 16.6. The Kier molecular flexibility index (Phi) is 4.53. The van der Waals surface area contributed by atoms with Crippen molar-refractivity contribution in [2.24, 2.45) is 0 Å². The van der Waals surface area contributed by atoms with Gasteiger partial charge in [-0.05, 0) is 67.8 Å². The van der Waals surface area contributed by atoms with Crippen molar-refractivity contribution < 1.29 is 9.59 Å². The van der Waals surface area contributed by atoms with Gasteiger partial charge in [-0.3, -0.25) is 9.59 Å². The van der Waals surface area contributed by atoms with E-state index in [9.17, 15) is 9.59 Å². The van der Waals surface area contributed by atoms with Crippen LogP contribution in [0.5, 0.6) is 0 Å². The molecule has 0 aliphatic carbocycles. The Hall–Kier alpha value is -3.13. The number of nitrogens with one attached hydrogen (secondary N) is 1. The molecule has 0 aromatic heterocycles. The van der Waals surface area contributed by atoms with Crippen molar-refractivity contribution >= 4 is 17.5 Å². The van der Waals surface area contributed by atoms with Crippen LogP contribution in [0.3, 0.4) is 0 Å². The number of rotatable bonds is 3. The fraction of sp³-hybridized carbons (Fsp3) is 0.250. The molecule has 1 unspecified atom stereocenters. The second-order valence-electron chi connectivity index (χ2n) is 6.26. The van der Waals surface area contributed by atoms with E-state index in [4.69, 9.17) is 5.26 Å². The van der Waals surface area contributed by atoms with Crippen LogP contribution in [0, 0.1) is 25.2 Å². The van der Waals surface area contributed by atoms with Crippen molar-refractivity contribution in [3.05, 3.63) is 64.7 Å². The molecule has 1 atom stereocenters. The van der Waals surface area contributed by atoms with E-state index in [1.165, 1.54) is 5.56 Å².